The van der Waals surface area contributed by atoms with Gasteiger partial charge in [0.2, 0.25) is 0 Å². The van der Waals surface area contributed by atoms with E-state index in [0.717, 1.165) is 32.5 Å². The van der Waals surface area contributed by atoms with Crippen LogP contribution in [0.15, 0.2) is 30.5 Å². The summed E-state index contributed by atoms with van der Waals surface area (Å²) in [7, 11) is 1.98. The summed E-state index contributed by atoms with van der Waals surface area (Å²) in [6, 6.07) is 9.14. The van der Waals surface area contributed by atoms with Crippen molar-refractivity contribution in [3.8, 4) is 0 Å². The van der Waals surface area contributed by atoms with Crippen molar-refractivity contribution in [1.29, 1.82) is 0 Å². The van der Waals surface area contributed by atoms with Gasteiger partial charge in [-0.05, 0) is 50.3 Å². The third kappa shape index (κ3) is 4.22. The Bertz CT molecular complexity index is 672. The number of rotatable bonds is 6. The van der Waals surface area contributed by atoms with Crippen LogP contribution in [-0.2, 0) is 13.6 Å². The average molecular weight is 342 g/mol. The number of hydrogen-bond donors (Lipinski definition) is 2. The summed E-state index contributed by atoms with van der Waals surface area (Å²) < 4.78 is 1.92. The molecule has 1 aliphatic rings. The molecule has 5 nitrogen and oxygen atoms in total. The number of aliphatic hydroxyl groups excluding tert-OH is 1. The van der Waals surface area contributed by atoms with E-state index in [2.05, 4.69) is 53.4 Å². The van der Waals surface area contributed by atoms with E-state index in [1.807, 2.05) is 17.9 Å². The zero-order chi connectivity index (χ0) is 17.8. The van der Waals surface area contributed by atoms with Gasteiger partial charge in [-0.3, -0.25) is 4.68 Å². The Balaban J connectivity index is 1.53. The van der Waals surface area contributed by atoms with E-state index in [1.54, 1.807) is 0 Å². The summed E-state index contributed by atoms with van der Waals surface area (Å²) in [5.74, 6) is 0.483. The first-order valence-corrected chi connectivity index (χ1v) is 9.25. The standard InChI is InChI=1S/C20H30N4O/c1-15(20-13-22-23(3)16(20)2)21-12-17-4-6-19(7-5-17)24-10-8-18(14-25)9-11-24/h4-7,13,15,18,21,25H,8-12,14H2,1-3H3. The minimum absolute atomic E-state index is 0.283. The number of hydrogen-bond acceptors (Lipinski definition) is 4. The summed E-state index contributed by atoms with van der Waals surface area (Å²) in [5.41, 5.74) is 5.05. The van der Waals surface area contributed by atoms with Crippen molar-refractivity contribution in [2.45, 2.75) is 39.3 Å². The van der Waals surface area contributed by atoms with Crippen LogP contribution in [0.3, 0.4) is 0 Å². The van der Waals surface area contributed by atoms with Crippen LogP contribution in [-0.4, -0.2) is 34.6 Å². The molecule has 2 aromatic rings. The summed E-state index contributed by atoms with van der Waals surface area (Å²) in [5, 5.41) is 17.2. The molecule has 1 aliphatic heterocycles. The molecule has 136 valence electrons. The van der Waals surface area contributed by atoms with Crippen LogP contribution >= 0.6 is 0 Å². The maximum absolute atomic E-state index is 9.26. The molecule has 5 heteroatoms. The van der Waals surface area contributed by atoms with Gasteiger partial charge in [0, 0.05) is 56.3 Å². The monoisotopic (exact) mass is 342 g/mol. The van der Waals surface area contributed by atoms with Crippen molar-refractivity contribution in [3.63, 3.8) is 0 Å². The molecule has 1 fully saturated rings. The van der Waals surface area contributed by atoms with Crippen molar-refractivity contribution in [2.24, 2.45) is 13.0 Å². The Morgan fingerprint density at radius 1 is 1.24 bits per heavy atom. The average Bonchev–Trinajstić information content (AvgIpc) is 2.99. The van der Waals surface area contributed by atoms with Gasteiger partial charge in [0.05, 0.1) is 6.20 Å². The summed E-state index contributed by atoms with van der Waals surface area (Å²) >= 11 is 0. The van der Waals surface area contributed by atoms with Gasteiger partial charge in [-0.2, -0.15) is 5.10 Å². The number of anilines is 1. The summed E-state index contributed by atoms with van der Waals surface area (Å²) in [6.45, 7) is 7.55. The Kier molecular flexibility index (Phi) is 5.76. The van der Waals surface area contributed by atoms with Gasteiger partial charge >= 0.3 is 0 Å². The third-order valence-electron chi connectivity index (χ3n) is 5.53. The molecule has 0 aliphatic carbocycles. The van der Waals surface area contributed by atoms with E-state index in [9.17, 15) is 5.11 Å². The minimum Gasteiger partial charge on any atom is -0.396 e. The van der Waals surface area contributed by atoms with Crippen molar-refractivity contribution in [3.05, 3.63) is 47.3 Å². The lowest BCUT2D eigenvalue weighted by molar-refractivity contribution is 0.203. The van der Waals surface area contributed by atoms with Crippen LogP contribution < -0.4 is 10.2 Å². The quantitative estimate of drug-likeness (QED) is 0.848. The smallest absolute Gasteiger partial charge is 0.0540 e. The number of benzene rings is 1. The van der Waals surface area contributed by atoms with E-state index in [1.165, 1.54) is 22.5 Å². The number of aliphatic hydroxyl groups is 1. The van der Waals surface area contributed by atoms with E-state index in [0.29, 0.717) is 12.5 Å². The second kappa shape index (κ2) is 8.02. The molecule has 3 rings (SSSR count). The molecule has 0 bridgehead atoms. The topological polar surface area (TPSA) is 53.3 Å². The van der Waals surface area contributed by atoms with Crippen molar-refractivity contribution >= 4 is 5.69 Å². The highest BCUT2D eigenvalue weighted by Gasteiger charge is 2.18. The predicted octanol–water partition coefficient (Wildman–Crippen LogP) is 2.79. The minimum atomic E-state index is 0.283. The van der Waals surface area contributed by atoms with Crippen LogP contribution in [0, 0.1) is 12.8 Å². The van der Waals surface area contributed by atoms with Crippen LogP contribution in [0.2, 0.25) is 0 Å². The van der Waals surface area contributed by atoms with Crippen LogP contribution in [0.5, 0.6) is 0 Å². The fourth-order valence-corrected chi connectivity index (χ4v) is 3.52. The molecule has 1 unspecified atom stereocenters. The first-order chi connectivity index (χ1) is 12.1. The van der Waals surface area contributed by atoms with Gasteiger partial charge in [0.15, 0.2) is 0 Å². The lowest BCUT2D eigenvalue weighted by Crippen LogP contribution is -2.34. The zero-order valence-corrected chi connectivity index (χ0v) is 15.6. The number of piperidine rings is 1. The third-order valence-corrected chi connectivity index (χ3v) is 5.53. The van der Waals surface area contributed by atoms with Crippen molar-refractivity contribution in [2.75, 3.05) is 24.6 Å². The highest BCUT2D eigenvalue weighted by molar-refractivity contribution is 5.48. The molecule has 2 N–H and O–H groups in total. The van der Waals surface area contributed by atoms with Gasteiger partial charge in [-0.25, -0.2) is 0 Å². The van der Waals surface area contributed by atoms with Gasteiger partial charge in [-0.15, -0.1) is 0 Å². The van der Waals surface area contributed by atoms with Gasteiger partial charge in [0.25, 0.3) is 0 Å². The van der Waals surface area contributed by atoms with Crippen LogP contribution in [0.4, 0.5) is 5.69 Å². The molecule has 0 amide bonds. The molecule has 2 heterocycles. The first-order valence-electron chi connectivity index (χ1n) is 9.25. The maximum atomic E-state index is 9.26. The van der Waals surface area contributed by atoms with Crippen LogP contribution in [0.1, 0.15) is 42.6 Å². The van der Waals surface area contributed by atoms with Crippen molar-refractivity contribution in [1.82, 2.24) is 15.1 Å². The fraction of sp³-hybridized carbons (Fsp3) is 0.550. The highest BCUT2D eigenvalue weighted by atomic mass is 16.3. The van der Waals surface area contributed by atoms with E-state index in [-0.39, 0.29) is 6.04 Å². The van der Waals surface area contributed by atoms with E-state index in [4.69, 9.17) is 0 Å². The molecule has 0 radical (unpaired) electrons. The lowest BCUT2D eigenvalue weighted by atomic mass is 9.97. The molecule has 25 heavy (non-hydrogen) atoms. The van der Waals surface area contributed by atoms with Gasteiger partial charge in [-0.1, -0.05) is 12.1 Å². The van der Waals surface area contributed by atoms with E-state index < -0.39 is 0 Å². The maximum Gasteiger partial charge on any atom is 0.0540 e. The molecule has 0 spiro atoms. The molecular formula is C20H30N4O. The molecule has 1 aromatic carbocycles. The Morgan fingerprint density at radius 3 is 2.48 bits per heavy atom. The molecular weight excluding hydrogens is 312 g/mol. The second-order valence-corrected chi connectivity index (χ2v) is 7.19. The number of aryl methyl sites for hydroxylation is 1. The van der Waals surface area contributed by atoms with Gasteiger partial charge in [0.1, 0.15) is 0 Å². The highest BCUT2D eigenvalue weighted by Crippen LogP contribution is 2.23. The molecule has 0 saturated carbocycles. The number of nitrogens with one attached hydrogen (secondary N) is 1. The van der Waals surface area contributed by atoms with Crippen molar-refractivity contribution < 1.29 is 5.11 Å². The van der Waals surface area contributed by atoms with E-state index >= 15 is 0 Å². The largest absolute Gasteiger partial charge is 0.396 e. The Morgan fingerprint density at radius 2 is 1.92 bits per heavy atom. The predicted molar refractivity (Wildman–Crippen MR) is 102 cm³/mol. The number of aromatic nitrogens is 2. The SMILES string of the molecule is Cc1c(C(C)NCc2ccc(N3CCC(CO)CC3)cc2)cnn1C. The molecule has 1 atom stereocenters. The fourth-order valence-electron chi connectivity index (χ4n) is 3.52. The Labute approximate surface area is 150 Å². The van der Waals surface area contributed by atoms with Crippen LogP contribution in [0.25, 0.3) is 0 Å². The summed E-state index contributed by atoms with van der Waals surface area (Å²) in [4.78, 5) is 2.42. The zero-order valence-electron chi connectivity index (χ0n) is 15.6. The Hall–Kier alpha value is -1.85. The lowest BCUT2D eigenvalue weighted by Gasteiger charge is -2.33. The molecule has 1 saturated heterocycles. The first kappa shape index (κ1) is 18.0. The summed E-state index contributed by atoms with van der Waals surface area (Å²) in [6.07, 6.45) is 4.12. The number of nitrogens with zero attached hydrogens (tertiary/aromatic N) is 3. The normalized spacial score (nSPS) is 17.0. The van der Waals surface area contributed by atoms with Gasteiger partial charge < -0.3 is 15.3 Å². The second-order valence-electron chi connectivity index (χ2n) is 7.19. The molecule has 1 aromatic heterocycles.